The molecule has 0 radical (unpaired) electrons. The quantitative estimate of drug-likeness (QED) is 0.799. The Labute approximate surface area is 95.2 Å². The van der Waals surface area contributed by atoms with E-state index in [4.69, 9.17) is 4.74 Å². The van der Waals surface area contributed by atoms with Crippen molar-refractivity contribution in [1.82, 2.24) is 5.32 Å². The summed E-state index contributed by atoms with van der Waals surface area (Å²) in [5.74, 6) is -3.03. The molecule has 90 valence electrons. The number of methoxy groups -OCH3 is 1. The van der Waals surface area contributed by atoms with Crippen molar-refractivity contribution in [2.75, 3.05) is 26.8 Å². The van der Waals surface area contributed by atoms with Crippen LogP contribution < -0.4 is 5.32 Å². The Bertz CT molecular complexity index is 217. The van der Waals surface area contributed by atoms with Crippen molar-refractivity contribution in [3.05, 3.63) is 0 Å². The predicted molar refractivity (Wildman–Crippen MR) is 56.7 cm³/mol. The highest BCUT2D eigenvalue weighted by Crippen LogP contribution is 2.70. The van der Waals surface area contributed by atoms with Crippen molar-refractivity contribution in [3.8, 4) is 0 Å². The first-order valence-electron chi connectivity index (χ1n) is 5.22. The average molecular weight is 242 g/mol. The Hall–Kier alpha value is 0.0700. The van der Waals surface area contributed by atoms with E-state index < -0.39 is 17.3 Å². The van der Waals surface area contributed by atoms with E-state index in [1.54, 1.807) is 0 Å². The second-order valence-corrected chi connectivity index (χ2v) is 4.39. The monoisotopic (exact) mass is 241 g/mol. The number of alkyl halides is 2. The van der Waals surface area contributed by atoms with Crippen molar-refractivity contribution in [1.29, 1.82) is 0 Å². The number of halogens is 3. The lowest BCUT2D eigenvalue weighted by Gasteiger charge is -2.12. The molecule has 2 nitrogen and oxygen atoms in total. The van der Waals surface area contributed by atoms with Crippen LogP contribution in [0.25, 0.3) is 0 Å². The molecule has 1 aliphatic heterocycles. The summed E-state index contributed by atoms with van der Waals surface area (Å²) in [6.07, 6.45) is 2.09. The lowest BCUT2D eigenvalue weighted by Crippen LogP contribution is -2.16. The molecule has 0 bridgehead atoms. The topological polar surface area (TPSA) is 21.3 Å². The molecule has 1 saturated heterocycles. The van der Waals surface area contributed by atoms with Gasteiger partial charge in [-0.25, -0.2) is 8.78 Å². The van der Waals surface area contributed by atoms with Crippen LogP contribution in [0.4, 0.5) is 8.78 Å². The average Bonchev–Trinajstić information content (AvgIpc) is 2.72. The van der Waals surface area contributed by atoms with Gasteiger partial charge in [-0.1, -0.05) is 0 Å². The second kappa shape index (κ2) is 4.52. The van der Waals surface area contributed by atoms with Gasteiger partial charge in [-0.2, -0.15) is 0 Å². The second-order valence-electron chi connectivity index (χ2n) is 4.39. The van der Waals surface area contributed by atoms with Crippen LogP contribution >= 0.6 is 12.4 Å². The van der Waals surface area contributed by atoms with Crippen LogP contribution in [0.15, 0.2) is 0 Å². The van der Waals surface area contributed by atoms with E-state index in [0.717, 1.165) is 19.5 Å². The van der Waals surface area contributed by atoms with Gasteiger partial charge >= 0.3 is 0 Å². The van der Waals surface area contributed by atoms with Crippen LogP contribution in [0.1, 0.15) is 19.3 Å². The van der Waals surface area contributed by atoms with Crippen LogP contribution in [-0.2, 0) is 4.74 Å². The van der Waals surface area contributed by atoms with E-state index in [1.165, 1.54) is 7.11 Å². The molecule has 15 heavy (non-hydrogen) atoms. The number of hydrogen-bond donors (Lipinski definition) is 1. The first-order chi connectivity index (χ1) is 6.65. The summed E-state index contributed by atoms with van der Waals surface area (Å²) in [6, 6.07) is 0. The summed E-state index contributed by atoms with van der Waals surface area (Å²) >= 11 is 0. The van der Waals surface area contributed by atoms with E-state index in [0.29, 0.717) is 12.8 Å². The van der Waals surface area contributed by atoms with Crippen LogP contribution in [0, 0.1) is 11.3 Å². The number of rotatable bonds is 2. The zero-order chi connectivity index (χ0) is 10.2. The van der Waals surface area contributed by atoms with Gasteiger partial charge < -0.3 is 10.1 Å². The van der Waals surface area contributed by atoms with Crippen molar-refractivity contribution < 1.29 is 13.5 Å². The molecule has 1 saturated carbocycles. The molecule has 1 N–H and O–H groups in total. The minimum atomic E-state index is -2.49. The first kappa shape index (κ1) is 13.1. The molecule has 2 unspecified atom stereocenters. The molecule has 2 rings (SSSR count). The Morgan fingerprint density at radius 3 is 2.73 bits per heavy atom. The predicted octanol–water partition coefficient (Wildman–Crippen LogP) is 2.08. The molecule has 2 atom stereocenters. The minimum absolute atomic E-state index is 0. The molecule has 1 aliphatic carbocycles. The van der Waals surface area contributed by atoms with Crippen molar-refractivity contribution in [2.24, 2.45) is 11.3 Å². The fourth-order valence-electron chi connectivity index (χ4n) is 2.79. The smallest absolute Gasteiger partial charge is 0.259 e. The van der Waals surface area contributed by atoms with E-state index in [2.05, 4.69) is 5.32 Å². The lowest BCUT2D eigenvalue weighted by molar-refractivity contribution is 0.0445. The Kier molecular flexibility index (Phi) is 3.95. The highest BCUT2D eigenvalue weighted by molar-refractivity contribution is 5.85. The molecule has 1 spiro atoms. The summed E-state index contributed by atoms with van der Waals surface area (Å²) < 4.78 is 32.1. The first-order valence-corrected chi connectivity index (χ1v) is 5.22. The summed E-state index contributed by atoms with van der Waals surface area (Å²) in [5, 5.41) is 3.17. The fourth-order valence-corrected chi connectivity index (χ4v) is 2.79. The van der Waals surface area contributed by atoms with Gasteiger partial charge in [0, 0.05) is 12.5 Å². The molecule has 0 amide bonds. The molecule has 1 heterocycles. The molecular formula is C10H18ClF2NO. The lowest BCUT2D eigenvalue weighted by atomic mass is 9.94. The van der Waals surface area contributed by atoms with E-state index >= 15 is 0 Å². The van der Waals surface area contributed by atoms with Crippen molar-refractivity contribution >= 4 is 12.4 Å². The molecule has 5 heteroatoms. The summed E-state index contributed by atoms with van der Waals surface area (Å²) in [7, 11) is 1.50. The maximum Gasteiger partial charge on any atom is 0.259 e. The number of nitrogens with one attached hydrogen (secondary N) is 1. The molecule has 0 aromatic heterocycles. The molecule has 2 fully saturated rings. The summed E-state index contributed by atoms with van der Waals surface area (Å²) in [4.78, 5) is 0. The Morgan fingerprint density at radius 2 is 2.07 bits per heavy atom. The van der Waals surface area contributed by atoms with Gasteiger partial charge in [0.1, 0.15) is 0 Å². The standard InChI is InChI=1S/C10H17F2NO.ClH/c1-14-7-8-9(10(8,11)12)3-2-5-13-6-4-9;/h8,13H,2-7H2,1H3;1H. The van der Waals surface area contributed by atoms with Gasteiger partial charge in [0.25, 0.3) is 5.92 Å². The van der Waals surface area contributed by atoms with E-state index in [-0.39, 0.29) is 19.0 Å². The van der Waals surface area contributed by atoms with E-state index in [9.17, 15) is 8.78 Å². The summed E-state index contributed by atoms with van der Waals surface area (Å²) in [5.41, 5.74) is -0.744. The van der Waals surface area contributed by atoms with Gasteiger partial charge in [0.05, 0.1) is 12.5 Å². The number of ether oxygens (including phenoxy) is 1. The Morgan fingerprint density at radius 1 is 1.33 bits per heavy atom. The van der Waals surface area contributed by atoms with Gasteiger partial charge in [0.15, 0.2) is 0 Å². The minimum Gasteiger partial charge on any atom is -0.384 e. The van der Waals surface area contributed by atoms with Gasteiger partial charge in [-0.3, -0.25) is 0 Å². The SMILES string of the molecule is COCC1C(F)(F)C12CCCNCC2.Cl. The van der Waals surface area contributed by atoms with Gasteiger partial charge in [-0.15, -0.1) is 12.4 Å². The highest BCUT2D eigenvalue weighted by atomic mass is 35.5. The maximum absolute atomic E-state index is 13.6. The fraction of sp³-hybridized carbons (Fsp3) is 1.00. The zero-order valence-electron chi connectivity index (χ0n) is 8.89. The van der Waals surface area contributed by atoms with Crippen LogP contribution in [0.5, 0.6) is 0 Å². The van der Waals surface area contributed by atoms with Crippen LogP contribution in [0.3, 0.4) is 0 Å². The third-order valence-corrected chi connectivity index (χ3v) is 3.74. The normalized spacial score (nSPS) is 38.2. The summed E-state index contributed by atoms with van der Waals surface area (Å²) in [6.45, 7) is 1.79. The Balaban J connectivity index is 0.00000112. The maximum atomic E-state index is 13.6. The molecular weight excluding hydrogens is 224 g/mol. The third-order valence-electron chi connectivity index (χ3n) is 3.74. The zero-order valence-corrected chi connectivity index (χ0v) is 9.71. The van der Waals surface area contributed by atoms with E-state index in [1.807, 2.05) is 0 Å². The van der Waals surface area contributed by atoms with Crippen LogP contribution in [-0.4, -0.2) is 32.7 Å². The molecule has 0 aromatic rings. The van der Waals surface area contributed by atoms with Crippen LogP contribution in [0.2, 0.25) is 0 Å². The van der Waals surface area contributed by atoms with Gasteiger partial charge in [0.2, 0.25) is 0 Å². The molecule has 0 aromatic carbocycles. The van der Waals surface area contributed by atoms with Crippen molar-refractivity contribution in [3.63, 3.8) is 0 Å². The number of hydrogen-bond acceptors (Lipinski definition) is 2. The van der Waals surface area contributed by atoms with Gasteiger partial charge in [-0.05, 0) is 32.4 Å². The molecule has 2 aliphatic rings. The highest BCUT2D eigenvalue weighted by Gasteiger charge is 2.78. The largest absolute Gasteiger partial charge is 0.384 e. The van der Waals surface area contributed by atoms with Crippen molar-refractivity contribution in [2.45, 2.75) is 25.2 Å². The third kappa shape index (κ3) is 1.87.